The number of para-hydroxylation sites is 1. The van der Waals surface area contributed by atoms with Gasteiger partial charge in [-0.2, -0.15) is 0 Å². The van der Waals surface area contributed by atoms with Gasteiger partial charge in [0, 0.05) is 31.7 Å². The normalized spacial score (nSPS) is 21.0. The summed E-state index contributed by atoms with van der Waals surface area (Å²) in [6, 6.07) is 5.49. The predicted octanol–water partition coefficient (Wildman–Crippen LogP) is 1.12. The van der Waals surface area contributed by atoms with E-state index in [2.05, 4.69) is 5.32 Å². The fourth-order valence-electron chi connectivity index (χ4n) is 3.03. The van der Waals surface area contributed by atoms with Gasteiger partial charge in [-0.05, 0) is 18.9 Å². The quantitative estimate of drug-likeness (QED) is 0.694. The number of piperidine rings is 1. The number of methoxy groups -OCH3 is 2. The number of hydrogen-bond acceptors (Lipinski definition) is 5. The second-order valence-electron chi connectivity index (χ2n) is 5.88. The molecule has 1 aliphatic rings. The van der Waals surface area contributed by atoms with Crippen LogP contribution in [0, 0.1) is 0 Å². The number of halogens is 1. The maximum Gasteiger partial charge on any atom is 0.256 e. The van der Waals surface area contributed by atoms with Gasteiger partial charge < -0.3 is 24.8 Å². The summed E-state index contributed by atoms with van der Waals surface area (Å²) in [5.41, 5.74) is -0.675. The number of rotatable bonds is 8. The summed E-state index contributed by atoms with van der Waals surface area (Å²) in [5.74, 6) is 0.835. The molecule has 1 atom stereocenters. The van der Waals surface area contributed by atoms with Crippen LogP contribution in [0.25, 0.3) is 0 Å². The summed E-state index contributed by atoms with van der Waals surface area (Å²) in [4.78, 5) is 14.3. The molecule has 0 aromatic heterocycles. The van der Waals surface area contributed by atoms with E-state index in [-0.39, 0.29) is 19.0 Å². The molecule has 6 nitrogen and oxygen atoms in total. The Morgan fingerprint density at radius 3 is 2.83 bits per heavy atom. The first-order valence-electron chi connectivity index (χ1n) is 8.04. The van der Waals surface area contributed by atoms with Gasteiger partial charge in [-0.15, -0.1) is 0 Å². The van der Waals surface area contributed by atoms with Crippen LogP contribution in [0.15, 0.2) is 18.2 Å². The topological polar surface area (TPSA) is 71.0 Å². The molecule has 2 N–H and O–H groups in total. The molecule has 0 radical (unpaired) electrons. The monoisotopic (exact) mass is 340 g/mol. The van der Waals surface area contributed by atoms with Crippen LogP contribution in [0.1, 0.15) is 18.4 Å². The number of likely N-dealkylation sites (tertiary alicyclic amines) is 1. The van der Waals surface area contributed by atoms with Gasteiger partial charge in [0.05, 0.1) is 14.2 Å². The lowest BCUT2D eigenvalue weighted by Crippen LogP contribution is -2.57. The third kappa shape index (κ3) is 3.96. The highest BCUT2D eigenvalue weighted by Gasteiger charge is 2.41. The number of benzene rings is 1. The Hall–Kier alpha value is -1.86. The van der Waals surface area contributed by atoms with Gasteiger partial charge in [-0.1, -0.05) is 12.1 Å². The molecule has 1 amide bonds. The second kappa shape index (κ2) is 8.30. The zero-order chi connectivity index (χ0) is 17.6. The zero-order valence-corrected chi connectivity index (χ0v) is 14.2. The van der Waals surface area contributed by atoms with Crippen LogP contribution >= 0.6 is 0 Å². The number of nitrogens with one attached hydrogen (secondary N) is 1. The van der Waals surface area contributed by atoms with Crippen LogP contribution in [0.5, 0.6) is 11.5 Å². The number of amides is 1. The molecule has 1 aromatic carbocycles. The molecule has 0 spiro atoms. The number of nitrogens with zero attached hydrogens (tertiary/aromatic N) is 1. The van der Waals surface area contributed by atoms with Gasteiger partial charge in [0.1, 0.15) is 6.67 Å². The van der Waals surface area contributed by atoms with Gasteiger partial charge in [-0.25, -0.2) is 4.39 Å². The number of carbonyl (C=O) groups is 1. The maximum atomic E-state index is 12.7. The van der Waals surface area contributed by atoms with Crippen LogP contribution in [-0.4, -0.2) is 62.0 Å². The molecule has 2 rings (SSSR count). The fraction of sp³-hybridized carbons (Fsp3) is 0.588. The third-order valence-electron chi connectivity index (χ3n) is 4.24. The predicted molar refractivity (Wildman–Crippen MR) is 88.0 cm³/mol. The molecule has 0 unspecified atom stereocenters. The molecule has 0 saturated carbocycles. The molecule has 7 heteroatoms. The van der Waals surface area contributed by atoms with Crippen LogP contribution in [0.4, 0.5) is 4.39 Å². The van der Waals surface area contributed by atoms with E-state index in [0.717, 1.165) is 5.56 Å². The summed E-state index contributed by atoms with van der Waals surface area (Å²) < 4.78 is 22.9. The minimum absolute atomic E-state index is 0.0570. The molecule has 24 heavy (non-hydrogen) atoms. The lowest BCUT2D eigenvalue weighted by Gasteiger charge is -2.38. The van der Waals surface area contributed by atoms with Crippen molar-refractivity contribution in [3.63, 3.8) is 0 Å². The molecule has 0 bridgehead atoms. The standard InChI is InChI=1S/C17H25FN2O4/c1-23-14-6-3-5-13(15(14)24-2)11-20-10-4-7-17(22,16(20)21)12-19-9-8-18/h3,5-6,19,22H,4,7-12H2,1-2H3/t17-/m0/s1. The summed E-state index contributed by atoms with van der Waals surface area (Å²) in [6.45, 7) is 0.533. The van der Waals surface area contributed by atoms with Crippen molar-refractivity contribution < 1.29 is 23.8 Å². The van der Waals surface area contributed by atoms with Crippen LogP contribution in [0.2, 0.25) is 0 Å². The van der Waals surface area contributed by atoms with E-state index in [9.17, 15) is 14.3 Å². The van der Waals surface area contributed by atoms with E-state index in [4.69, 9.17) is 9.47 Å². The number of hydrogen-bond donors (Lipinski definition) is 2. The van der Waals surface area contributed by atoms with Crippen molar-refractivity contribution in [3.8, 4) is 11.5 Å². The lowest BCUT2D eigenvalue weighted by molar-refractivity contribution is -0.157. The van der Waals surface area contributed by atoms with Crippen molar-refractivity contribution in [3.05, 3.63) is 23.8 Å². The minimum Gasteiger partial charge on any atom is -0.493 e. The van der Waals surface area contributed by atoms with Crippen LogP contribution < -0.4 is 14.8 Å². The summed E-state index contributed by atoms with van der Waals surface area (Å²) in [5, 5.41) is 13.4. The number of carbonyl (C=O) groups excluding carboxylic acids is 1. The van der Waals surface area contributed by atoms with Gasteiger partial charge in [0.15, 0.2) is 17.1 Å². The van der Waals surface area contributed by atoms with E-state index < -0.39 is 12.3 Å². The second-order valence-corrected chi connectivity index (χ2v) is 5.88. The Kier molecular flexibility index (Phi) is 6.39. The van der Waals surface area contributed by atoms with Crippen molar-refractivity contribution >= 4 is 5.91 Å². The molecule has 0 aliphatic carbocycles. The molecule has 1 aliphatic heterocycles. The summed E-state index contributed by atoms with van der Waals surface area (Å²) >= 11 is 0. The smallest absolute Gasteiger partial charge is 0.256 e. The molecular weight excluding hydrogens is 315 g/mol. The first-order chi connectivity index (χ1) is 11.6. The Labute approximate surface area is 141 Å². The molecular formula is C17H25FN2O4. The number of aliphatic hydroxyl groups is 1. The average Bonchev–Trinajstić information content (AvgIpc) is 2.59. The molecule has 1 saturated heterocycles. The first-order valence-corrected chi connectivity index (χ1v) is 8.04. The van der Waals surface area contributed by atoms with Gasteiger partial charge in [0.2, 0.25) is 0 Å². The highest BCUT2D eigenvalue weighted by molar-refractivity contribution is 5.86. The lowest BCUT2D eigenvalue weighted by atomic mass is 9.91. The molecule has 1 heterocycles. The van der Waals surface area contributed by atoms with E-state index in [1.54, 1.807) is 25.2 Å². The van der Waals surface area contributed by atoms with Crippen molar-refractivity contribution in [1.29, 1.82) is 0 Å². The summed E-state index contributed by atoms with van der Waals surface area (Å²) in [7, 11) is 3.11. The van der Waals surface area contributed by atoms with Crippen molar-refractivity contribution in [2.75, 3.05) is 40.5 Å². The number of ether oxygens (including phenoxy) is 2. The third-order valence-corrected chi connectivity index (χ3v) is 4.24. The van der Waals surface area contributed by atoms with Gasteiger partial charge in [-0.3, -0.25) is 4.79 Å². The van der Waals surface area contributed by atoms with E-state index in [1.165, 1.54) is 0 Å². The van der Waals surface area contributed by atoms with Crippen LogP contribution in [0.3, 0.4) is 0 Å². The van der Waals surface area contributed by atoms with Crippen molar-refractivity contribution in [1.82, 2.24) is 10.2 Å². The van der Waals surface area contributed by atoms with Gasteiger partial charge >= 0.3 is 0 Å². The number of alkyl halides is 1. The summed E-state index contributed by atoms with van der Waals surface area (Å²) in [6.07, 6.45) is 1.06. The van der Waals surface area contributed by atoms with E-state index >= 15 is 0 Å². The average molecular weight is 340 g/mol. The molecule has 1 aromatic rings. The molecule has 1 fully saturated rings. The maximum absolute atomic E-state index is 12.7. The zero-order valence-electron chi connectivity index (χ0n) is 14.2. The SMILES string of the molecule is COc1cccc(CN2CCC[C@](O)(CNCCF)C2=O)c1OC. The minimum atomic E-state index is -1.49. The Balaban J connectivity index is 2.13. The van der Waals surface area contributed by atoms with Gasteiger partial charge in [0.25, 0.3) is 5.91 Å². The van der Waals surface area contributed by atoms with Crippen LogP contribution in [-0.2, 0) is 11.3 Å². The van der Waals surface area contributed by atoms with E-state index in [0.29, 0.717) is 37.4 Å². The molecule has 134 valence electrons. The highest BCUT2D eigenvalue weighted by Crippen LogP contribution is 2.33. The van der Waals surface area contributed by atoms with Crippen molar-refractivity contribution in [2.24, 2.45) is 0 Å². The Morgan fingerprint density at radius 2 is 2.17 bits per heavy atom. The fourth-order valence-corrected chi connectivity index (χ4v) is 3.03. The highest BCUT2D eigenvalue weighted by atomic mass is 19.1. The Morgan fingerprint density at radius 1 is 1.38 bits per heavy atom. The van der Waals surface area contributed by atoms with Crippen molar-refractivity contribution in [2.45, 2.75) is 25.0 Å². The Bertz CT molecular complexity index is 570. The first kappa shape index (κ1) is 18.5. The van der Waals surface area contributed by atoms with E-state index in [1.807, 2.05) is 12.1 Å². The largest absolute Gasteiger partial charge is 0.493 e.